The summed E-state index contributed by atoms with van der Waals surface area (Å²) in [6.45, 7) is 2.29. The minimum absolute atomic E-state index is 0.0160. The second kappa shape index (κ2) is 11.0. The van der Waals surface area contributed by atoms with Crippen LogP contribution in [0, 0.1) is 0 Å². The molecular weight excluding hydrogens is 448 g/mol. The number of nitrogens with zero attached hydrogens (tertiary/aromatic N) is 2. The molecule has 1 N–H and O–H groups in total. The van der Waals surface area contributed by atoms with Crippen molar-refractivity contribution in [2.45, 2.75) is 75.9 Å². The van der Waals surface area contributed by atoms with Crippen molar-refractivity contribution < 1.29 is 32.5 Å². The number of hydrogen-bond donors (Lipinski definition) is 1. The van der Waals surface area contributed by atoms with Gasteiger partial charge in [-0.05, 0) is 56.7 Å². The van der Waals surface area contributed by atoms with E-state index in [-0.39, 0.29) is 31.4 Å². The van der Waals surface area contributed by atoms with Gasteiger partial charge < -0.3 is 19.3 Å². The summed E-state index contributed by atoms with van der Waals surface area (Å²) >= 11 is 0. The molecule has 186 valence electrons. The maximum absolute atomic E-state index is 12.9. The van der Waals surface area contributed by atoms with Gasteiger partial charge in [0.15, 0.2) is 0 Å². The SMILES string of the molecule is COC(=O)N1[C@H](C)C[C@H](N(Cc2ccc(OC)cc2)S(C)(=O)=O)[C@@H]1COC1CCC(O)CC1. The van der Waals surface area contributed by atoms with Gasteiger partial charge in [0.1, 0.15) is 5.75 Å². The molecule has 0 aromatic heterocycles. The maximum atomic E-state index is 12.9. The standard InChI is InChI=1S/C23H36N2O7S/c1-16-13-21(24(33(4,28)29)14-17-5-9-19(30-2)10-6-17)22(25(16)23(27)31-3)15-32-20-11-7-18(26)8-12-20/h5-6,9-10,16,18,20-22,26H,7-8,11-15H2,1-4H3/t16-,18?,20?,21+,22+/m1/s1. The first kappa shape index (κ1) is 25.7. The average Bonchev–Trinajstić information content (AvgIpc) is 3.11. The Balaban J connectivity index is 1.84. The molecule has 9 nitrogen and oxygen atoms in total. The van der Waals surface area contributed by atoms with Gasteiger partial charge in [0.2, 0.25) is 10.0 Å². The van der Waals surface area contributed by atoms with E-state index in [2.05, 4.69) is 0 Å². The molecule has 0 spiro atoms. The smallest absolute Gasteiger partial charge is 0.410 e. The third kappa shape index (κ3) is 6.38. The molecule has 2 fully saturated rings. The fourth-order valence-corrected chi connectivity index (χ4v) is 5.99. The van der Waals surface area contributed by atoms with E-state index >= 15 is 0 Å². The lowest BCUT2D eigenvalue weighted by molar-refractivity contribution is -0.0296. The van der Waals surface area contributed by atoms with Crippen LogP contribution in [-0.2, 0) is 26.0 Å². The molecule has 1 saturated heterocycles. The van der Waals surface area contributed by atoms with Gasteiger partial charge in [-0.2, -0.15) is 4.31 Å². The first-order valence-electron chi connectivity index (χ1n) is 11.4. The number of aliphatic hydroxyl groups excluding tert-OH is 1. The zero-order valence-corrected chi connectivity index (χ0v) is 20.7. The average molecular weight is 485 g/mol. The number of ether oxygens (including phenoxy) is 3. The van der Waals surface area contributed by atoms with Crippen molar-refractivity contribution in [3.05, 3.63) is 29.8 Å². The molecular formula is C23H36N2O7S. The predicted octanol–water partition coefficient (Wildman–Crippen LogP) is 2.37. The number of carbonyl (C=O) groups excluding carboxylic acids is 1. The zero-order valence-electron chi connectivity index (χ0n) is 19.8. The molecule has 1 amide bonds. The van der Waals surface area contributed by atoms with E-state index in [0.29, 0.717) is 25.0 Å². The lowest BCUT2D eigenvalue weighted by Gasteiger charge is -2.35. The first-order valence-corrected chi connectivity index (χ1v) is 13.2. The van der Waals surface area contributed by atoms with E-state index in [1.807, 2.05) is 19.1 Å². The van der Waals surface area contributed by atoms with E-state index < -0.39 is 28.2 Å². The third-order valence-corrected chi connectivity index (χ3v) is 7.94. The van der Waals surface area contributed by atoms with Gasteiger partial charge in [0.05, 0.1) is 45.3 Å². The largest absolute Gasteiger partial charge is 0.497 e. The van der Waals surface area contributed by atoms with Crippen molar-refractivity contribution in [1.82, 2.24) is 9.21 Å². The maximum Gasteiger partial charge on any atom is 0.410 e. The number of sulfonamides is 1. The Morgan fingerprint density at radius 1 is 1.15 bits per heavy atom. The van der Waals surface area contributed by atoms with Crippen LogP contribution in [0.4, 0.5) is 4.79 Å². The van der Waals surface area contributed by atoms with Crippen LogP contribution in [0.25, 0.3) is 0 Å². The summed E-state index contributed by atoms with van der Waals surface area (Å²) in [7, 11) is -0.682. The number of aliphatic hydroxyl groups is 1. The summed E-state index contributed by atoms with van der Waals surface area (Å²) in [5.41, 5.74) is 0.825. The van der Waals surface area contributed by atoms with Crippen molar-refractivity contribution >= 4 is 16.1 Å². The monoisotopic (exact) mass is 484 g/mol. The van der Waals surface area contributed by atoms with Crippen LogP contribution in [0.2, 0.25) is 0 Å². The Morgan fingerprint density at radius 3 is 2.33 bits per heavy atom. The molecule has 0 unspecified atom stereocenters. The molecule has 2 aliphatic rings. The molecule has 3 atom stereocenters. The summed E-state index contributed by atoms with van der Waals surface area (Å²) in [5, 5.41) is 9.76. The number of likely N-dealkylation sites (tertiary alicyclic amines) is 1. The third-order valence-electron chi connectivity index (χ3n) is 6.68. The van der Waals surface area contributed by atoms with Crippen LogP contribution in [0.1, 0.15) is 44.6 Å². The lowest BCUT2D eigenvalue weighted by atomic mass is 9.95. The Labute approximate surface area is 196 Å². The number of rotatable bonds is 8. The van der Waals surface area contributed by atoms with Crippen LogP contribution >= 0.6 is 0 Å². The zero-order chi connectivity index (χ0) is 24.2. The Bertz CT molecular complexity index is 885. The van der Waals surface area contributed by atoms with Gasteiger partial charge in [-0.15, -0.1) is 0 Å². The van der Waals surface area contributed by atoms with Crippen LogP contribution in [0.5, 0.6) is 5.75 Å². The van der Waals surface area contributed by atoms with Crippen molar-refractivity contribution in [2.75, 3.05) is 27.1 Å². The molecule has 0 bridgehead atoms. The van der Waals surface area contributed by atoms with Crippen LogP contribution in [-0.4, -0.2) is 86.2 Å². The quantitative estimate of drug-likeness (QED) is 0.604. The molecule has 1 heterocycles. The summed E-state index contributed by atoms with van der Waals surface area (Å²) < 4.78 is 43.6. The summed E-state index contributed by atoms with van der Waals surface area (Å²) in [6, 6.07) is 6.14. The molecule has 1 saturated carbocycles. The predicted molar refractivity (Wildman–Crippen MR) is 123 cm³/mol. The number of hydrogen-bond acceptors (Lipinski definition) is 7. The highest BCUT2D eigenvalue weighted by Crippen LogP contribution is 2.33. The summed E-state index contributed by atoms with van der Waals surface area (Å²) in [6.07, 6.45) is 3.74. The van der Waals surface area contributed by atoms with E-state index in [4.69, 9.17) is 14.2 Å². The normalized spacial score (nSPS) is 28.2. The highest BCUT2D eigenvalue weighted by Gasteiger charge is 2.47. The number of carbonyl (C=O) groups is 1. The number of benzene rings is 1. The van der Waals surface area contributed by atoms with Crippen LogP contribution < -0.4 is 4.74 Å². The fourth-order valence-electron chi connectivity index (χ4n) is 4.89. The Hall–Kier alpha value is -1.88. The van der Waals surface area contributed by atoms with Gasteiger partial charge in [0, 0.05) is 18.6 Å². The molecule has 3 rings (SSSR count). The van der Waals surface area contributed by atoms with Crippen molar-refractivity contribution in [3.8, 4) is 5.75 Å². The summed E-state index contributed by atoms with van der Waals surface area (Å²) in [5.74, 6) is 0.694. The first-order chi connectivity index (χ1) is 15.6. The topological polar surface area (TPSA) is 106 Å². The molecule has 1 aromatic rings. The molecule has 1 aliphatic carbocycles. The molecule has 10 heteroatoms. The minimum Gasteiger partial charge on any atom is -0.497 e. The molecule has 1 aliphatic heterocycles. The Morgan fingerprint density at radius 2 is 1.79 bits per heavy atom. The molecule has 33 heavy (non-hydrogen) atoms. The summed E-state index contributed by atoms with van der Waals surface area (Å²) in [4.78, 5) is 14.2. The number of methoxy groups -OCH3 is 2. The molecule has 1 aromatic carbocycles. The fraction of sp³-hybridized carbons (Fsp3) is 0.696. The second-order valence-electron chi connectivity index (χ2n) is 9.02. The highest BCUT2D eigenvalue weighted by molar-refractivity contribution is 7.88. The van der Waals surface area contributed by atoms with E-state index in [1.54, 1.807) is 24.1 Å². The lowest BCUT2D eigenvalue weighted by Crippen LogP contribution is -2.51. The van der Waals surface area contributed by atoms with E-state index in [9.17, 15) is 18.3 Å². The van der Waals surface area contributed by atoms with E-state index in [1.165, 1.54) is 17.7 Å². The molecule has 0 radical (unpaired) electrons. The van der Waals surface area contributed by atoms with E-state index in [0.717, 1.165) is 18.4 Å². The Kier molecular flexibility index (Phi) is 8.60. The highest BCUT2D eigenvalue weighted by atomic mass is 32.2. The van der Waals surface area contributed by atoms with Crippen molar-refractivity contribution in [3.63, 3.8) is 0 Å². The van der Waals surface area contributed by atoms with Gasteiger partial charge in [-0.1, -0.05) is 12.1 Å². The van der Waals surface area contributed by atoms with Crippen molar-refractivity contribution in [2.24, 2.45) is 0 Å². The van der Waals surface area contributed by atoms with Crippen LogP contribution in [0.15, 0.2) is 24.3 Å². The minimum atomic E-state index is -3.59. The van der Waals surface area contributed by atoms with Gasteiger partial charge >= 0.3 is 6.09 Å². The number of amides is 1. The van der Waals surface area contributed by atoms with Gasteiger partial charge in [-0.25, -0.2) is 13.2 Å². The van der Waals surface area contributed by atoms with Gasteiger partial charge in [0.25, 0.3) is 0 Å². The second-order valence-corrected chi connectivity index (χ2v) is 11.0. The van der Waals surface area contributed by atoms with Crippen LogP contribution in [0.3, 0.4) is 0 Å². The van der Waals surface area contributed by atoms with Crippen molar-refractivity contribution in [1.29, 1.82) is 0 Å². The van der Waals surface area contributed by atoms with Gasteiger partial charge in [-0.3, -0.25) is 4.90 Å².